The molecule has 0 unspecified atom stereocenters. The van der Waals surface area contributed by atoms with Crippen molar-refractivity contribution < 1.29 is 22.5 Å². The van der Waals surface area contributed by atoms with Gasteiger partial charge >= 0.3 is 6.18 Å². The minimum absolute atomic E-state index is 0.130. The smallest absolute Gasteiger partial charge is 0.258 e. The molecule has 0 fully saturated rings. The van der Waals surface area contributed by atoms with Crippen molar-refractivity contribution >= 4 is 17.3 Å². The minimum Gasteiger partial charge on any atom is -0.258 e. The zero-order valence-corrected chi connectivity index (χ0v) is 10.7. The fourth-order valence-corrected chi connectivity index (χ4v) is 1.84. The Hall–Kier alpha value is -2.22. The zero-order valence-electron chi connectivity index (χ0n) is 9.99. The van der Waals surface area contributed by atoms with Crippen LogP contribution in [0.25, 0.3) is 11.3 Å². The average Bonchev–Trinajstić information content (AvgIpc) is 2.37. The highest BCUT2D eigenvalue weighted by molar-refractivity contribution is 6.29. The van der Waals surface area contributed by atoms with E-state index >= 15 is 0 Å². The molecule has 110 valence electrons. The number of nitrogens with zero attached hydrogens (tertiary/aromatic N) is 2. The Morgan fingerprint density at radius 3 is 2.43 bits per heavy atom. The van der Waals surface area contributed by atoms with Crippen molar-refractivity contribution in [1.82, 2.24) is 4.98 Å². The number of hydrogen-bond donors (Lipinski definition) is 0. The third-order valence-corrected chi connectivity index (χ3v) is 2.75. The Morgan fingerprint density at radius 1 is 1.19 bits per heavy atom. The Morgan fingerprint density at radius 2 is 1.86 bits per heavy atom. The molecule has 4 nitrogen and oxygen atoms in total. The number of hydrogen-bond acceptors (Lipinski definition) is 3. The van der Waals surface area contributed by atoms with Crippen LogP contribution in [0.3, 0.4) is 0 Å². The first-order valence-electron chi connectivity index (χ1n) is 5.37. The van der Waals surface area contributed by atoms with Gasteiger partial charge in [-0.15, -0.1) is 0 Å². The molecule has 0 atom stereocenters. The molecular formula is C12H5ClF4N2O2. The summed E-state index contributed by atoms with van der Waals surface area (Å²) in [7, 11) is 0. The number of pyridine rings is 1. The Labute approximate surface area is 120 Å². The third-order valence-electron chi connectivity index (χ3n) is 2.56. The molecule has 21 heavy (non-hydrogen) atoms. The standard InChI is InChI=1S/C12H5ClF4N2O2/c13-11-5-7(19(20)21)4-10(18-11)6-1-2-9(14)8(3-6)12(15,16)17/h1-5H. The maximum atomic E-state index is 13.2. The Kier molecular flexibility index (Phi) is 3.82. The van der Waals surface area contributed by atoms with Gasteiger partial charge in [0.05, 0.1) is 22.2 Å². The van der Waals surface area contributed by atoms with Gasteiger partial charge in [-0.3, -0.25) is 10.1 Å². The third kappa shape index (κ3) is 3.27. The van der Waals surface area contributed by atoms with E-state index in [1.54, 1.807) is 0 Å². The molecule has 0 spiro atoms. The Bertz CT molecular complexity index is 719. The summed E-state index contributed by atoms with van der Waals surface area (Å²) in [6, 6.07) is 4.09. The van der Waals surface area contributed by atoms with Crippen LogP contribution in [0.5, 0.6) is 0 Å². The SMILES string of the molecule is O=[N+]([O-])c1cc(Cl)nc(-c2ccc(F)c(C(F)(F)F)c2)c1. The van der Waals surface area contributed by atoms with Gasteiger partial charge < -0.3 is 0 Å². The van der Waals surface area contributed by atoms with Crippen LogP contribution in [0.1, 0.15) is 5.56 Å². The number of nitro groups is 1. The van der Waals surface area contributed by atoms with Crippen LogP contribution >= 0.6 is 11.6 Å². The fraction of sp³-hybridized carbons (Fsp3) is 0.0833. The molecule has 9 heteroatoms. The highest BCUT2D eigenvalue weighted by Gasteiger charge is 2.34. The molecule has 0 N–H and O–H groups in total. The van der Waals surface area contributed by atoms with Gasteiger partial charge in [-0.2, -0.15) is 13.2 Å². The van der Waals surface area contributed by atoms with Crippen LogP contribution in [-0.2, 0) is 6.18 Å². The van der Waals surface area contributed by atoms with Crippen LogP contribution in [0.4, 0.5) is 23.2 Å². The van der Waals surface area contributed by atoms with Gasteiger partial charge in [-0.25, -0.2) is 9.37 Å². The first-order valence-corrected chi connectivity index (χ1v) is 5.75. The van der Waals surface area contributed by atoms with E-state index in [0.717, 1.165) is 18.2 Å². The normalized spacial score (nSPS) is 11.5. The van der Waals surface area contributed by atoms with E-state index in [1.807, 2.05) is 0 Å². The summed E-state index contributed by atoms with van der Waals surface area (Å²) in [5, 5.41) is 10.4. The van der Waals surface area contributed by atoms with Crippen molar-refractivity contribution in [2.24, 2.45) is 0 Å². The largest absolute Gasteiger partial charge is 0.419 e. The van der Waals surface area contributed by atoms with Crippen LogP contribution < -0.4 is 0 Å². The van der Waals surface area contributed by atoms with Gasteiger partial charge in [0.15, 0.2) is 0 Å². The molecule has 2 rings (SSSR count). The fourth-order valence-electron chi connectivity index (χ4n) is 1.64. The van der Waals surface area contributed by atoms with Crippen LogP contribution in [0, 0.1) is 15.9 Å². The van der Waals surface area contributed by atoms with Crippen LogP contribution in [0.15, 0.2) is 30.3 Å². The molecule has 0 aliphatic carbocycles. The number of aromatic nitrogens is 1. The number of rotatable bonds is 2. The van der Waals surface area contributed by atoms with Crippen molar-refractivity contribution in [3.63, 3.8) is 0 Å². The maximum absolute atomic E-state index is 13.2. The van der Waals surface area contributed by atoms with Gasteiger partial charge in [-0.05, 0) is 18.2 Å². The summed E-state index contributed by atoms with van der Waals surface area (Å²) >= 11 is 5.59. The van der Waals surface area contributed by atoms with Gasteiger partial charge in [-0.1, -0.05) is 11.6 Å². The summed E-state index contributed by atoms with van der Waals surface area (Å²) in [6.07, 6.45) is -4.88. The molecular weight excluding hydrogens is 316 g/mol. The van der Waals surface area contributed by atoms with E-state index in [9.17, 15) is 27.7 Å². The number of alkyl halides is 3. The molecule has 0 aliphatic rings. The van der Waals surface area contributed by atoms with Crippen molar-refractivity contribution in [3.05, 3.63) is 57.0 Å². The first-order chi connectivity index (χ1) is 9.68. The highest BCUT2D eigenvalue weighted by atomic mass is 35.5. The number of benzene rings is 1. The highest BCUT2D eigenvalue weighted by Crippen LogP contribution is 2.34. The van der Waals surface area contributed by atoms with E-state index in [0.29, 0.717) is 12.1 Å². The molecule has 0 amide bonds. The molecule has 0 saturated heterocycles. The lowest BCUT2D eigenvalue weighted by molar-refractivity contribution is -0.384. The second kappa shape index (κ2) is 5.28. The Balaban J connectivity index is 2.60. The maximum Gasteiger partial charge on any atom is 0.419 e. The monoisotopic (exact) mass is 320 g/mol. The summed E-state index contributed by atoms with van der Waals surface area (Å²) in [6.45, 7) is 0. The number of halogens is 5. The van der Waals surface area contributed by atoms with Gasteiger partial charge in [0.2, 0.25) is 0 Å². The lowest BCUT2D eigenvalue weighted by atomic mass is 10.1. The summed E-state index contributed by atoms with van der Waals surface area (Å²) in [4.78, 5) is 13.6. The van der Waals surface area contributed by atoms with Gasteiger partial charge in [0.1, 0.15) is 11.0 Å². The van der Waals surface area contributed by atoms with Crippen molar-refractivity contribution in [2.75, 3.05) is 0 Å². The van der Waals surface area contributed by atoms with E-state index < -0.39 is 28.2 Å². The molecule has 1 aromatic carbocycles. The lowest BCUT2D eigenvalue weighted by Crippen LogP contribution is -2.08. The summed E-state index contributed by atoms with van der Waals surface area (Å²) < 4.78 is 51.1. The van der Waals surface area contributed by atoms with Crippen molar-refractivity contribution in [1.29, 1.82) is 0 Å². The molecule has 2 aromatic rings. The van der Waals surface area contributed by atoms with Crippen LogP contribution in [-0.4, -0.2) is 9.91 Å². The summed E-state index contributed by atoms with van der Waals surface area (Å²) in [5.74, 6) is -1.44. The first kappa shape index (κ1) is 15.2. The minimum atomic E-state index is -4.88. The second-order valence-corrected chi connectivity index (χ2v) is 4.37. The van der Waals surface area contributed by atoms with Gasteiger partial charge in [0.25, 0.3) is 5.69 Å². The predicted molar refractivity (Wildman–Crippen MR) is 66.3 cm³/mol. The predicted octanol–water partition coefficient (Wildman–Crippen LogP) is 4.47. The van der Waals surface area contributed by atoms with E-state index in [4.69, 9.17) is 11.6 Å². The van der Waals surface area contributed by atoms with Gasteiger partial charge in [0, 0.05) is 11.6 Å². The zero-order chi connectivity index (χ0) is 15.8. The van der Waals surface area contributed by atoms with E-state index in [-0.39, 0.29) is 16.4 Å². The molecule has 1 heterocycles. The van der Waals surface area contributed by atoms with E-state index in [2.05, 4.69) is 4.98 Å². The molecule has 0 bridgehead atoms. The average molecular weight is 321 g/mol. The topological polar surface area (TPSA) is 56.0 Å². The molecule has 0 saturated carbocycles. The van der Waals surface area contributed by atoms with E-state index in [1.165, 1.54) is 0 Å². The van der Waals surface area contributed by atoms with Crippen LogP contribution in [0.2, 0.25) is 5.15 Å². The quantitative estimate of drug-likeness (QED) is 0.355. The lowest BCUT2D eigenvalue weighted by Gasteiger charge is -2.10. The molecule has 1 aromatic heterocycles. The van der Waals surface area contributed by atoms with Crippen molar-refractivity contribution in [3.8, 4) is 11.3 Å². The molecule has 0 aliphatic heterocycles. The molecule has 0 radical (unpaired) electrons. The van der Waals surface area contributed by atoms with Crippen molar-refractivity contribution in [2.45, 2.75) is 6.18 Å². The second-order valence-electron chi connectivity index (χ2n) is 3.98. The summed E-state index contributed by atoms with van der Waals surface area (Å²) in [5.41, 5.74) is -2.19.